The summed E-state index contributed by atoms with van der Waals surface area (Å²) in [5.41, 5.74) is 20.3. The predicted octanol–water partition coefficient (Wildman–Crippen LogP) is 4.80. The highest BCUT2D eigenvalue weighted by atomic mass is 16.3. The van der Waals surface area contributed by atoms with Crippen molar-refractivity contribution in [2.75, 3.05) is 19.7 Å². The first-order chi connectivity index (χ1) is 17.6. The van der Waals surface area contributed by atoms with Crippen molar-refractivity contribution >= 4 is 33.5 Å². The van der Waals surface area contributed by atoms with Crippen LogP contribution in [0.4, 0.5) is 0 Å². The standard InChI is InChI=1S/C29H30N6O/c1-2-11-32-28(30)22-9-7-20-14-24(34-26(20)16-22)18-3-5-19(6-4-18)25-15-21-8-10-23(17-27(21)35-25)29(31)33-12-13-36/h3-10,14-17,34-36H,2,11-13H2,1H3,(H2,30,32)(H2,31,33). The Morgan fingerprint density at radius 3 is 1.61 bits per heavy atom. The van der Waals surface area contributed by atoms with Crippen LogP contribution in [0.1, 0.15) is 24.5 Å². The molecular weight excluding hydrogens is 448 g/mol. The van der Waals surface area contributed by atoms with Crippen molar-refractivity contribution in [3.8, 4) is 22.5 Å². The maximum absolute atomic E-state index is 8.97. The first-order valence-electron chi connectivity index (χ1n) is 12.1. The van der Waals surface area contributed by atoms with Gasteiger partial charge in [0.2, 0.25) is 0 Å². The zero-order valence-electron chi connectivity index (χ0n) is 20.3. The molecule has 0 atom stereocenters. The number of aromatic nitrogens is 2. The van der Waals surface area contributed by atoms with E-state index in [0.717, 1.165) is 68.4 Å². The molecular formula is C29H30N6O. The summed E-state index contributed by atoms with van der Waals surface area (Å²) in [5, 5.41) is 11.2. The van der Waals surface area contributed by atoms with E-state index in [1.807, 2.05) is 24.3 Å². The molecule has 0 radical (unpaired) electrons. The smallest absolute Gasteiger partial charge is 0.125 e. The molecule has 2 aromatic heterocycles. The Balaban J connectivity index is 1.39. The fourth-order valence-corrected chi connectivity index (χ4v) is 4.30. The Bertz CT molecular complexity index is 1450. The molecule has 7 heteroatoms. The van der Waals surface area contributed by atoms with Crippen LogP contribution in [0, 0.1) is 0 Å². The molecule has 0 saturated heterocycles. The van der Waals surface area contributed by atoms with E-state index in [1.165, 1.54) is 0 Å². The van der Waals surface area contributed by atoms with Crippen molar-refractivity contribution in [3.05, 3.63) is 83.9 Å². The van der Waals surface area contributed by atoms with Crippen LogP contribution in [-0.4, -0.2) is 46.4 Å². The minimum absolute atomic E-state index is 0.0202. The van der Waals surface area contributed by atoms with Crippen LogP contribution < -0.4 is 11.5 Å². The van der Waals surface area contributed by atoms with E-state index >= 15 is 0 Å². The third-order valence-corrected chi connectivity index (χ3v) is 6.23. The number of nitrogens with one attached hydrogen (secondary N) is 2. The van der Waals surface area contributed by atoms with Crippen molar-refractivity contribution in [1.82, 2.24) is 9.97 Å². The second kappa shape index (κ2) is 10.1. The molecule has 36 heavy (non-hydrogen) atoms. The average molecular weight is 479 g/mol. The molecule has 0 aliphatic carbocycles. The van der Waals surface area contributed by atoms with Crippen LogP contribution in [0.25, 0.3) is 44.3 Å². The van der Waals surface area contributed by atoms with E-state index < -0.39 is 0 Å². The molecule has 0 aliphatic heterocycles. The van der Waals surface area contributed by atoms with Gasteiger partial charge in [0.25, 0.3) is 0 Å². The second-order valence-electron chi connectivity index (χ2n) is 8.80. The maximum Gasteiger partial charge on any atom is 0.125 e. The molecule has 0 spiro atoms. The first-order valence-corrected chi connectivity index (χ1v) is 12.1. The maximum atomic E-state index is 8.97. The highest BCUT2D eigenvalue weighted by molar-refractivity contribution is 6.02. The van der Waals surface area contributed by atoms with E-state index in [9.17, 15) is 0 Å². The Morgan fingerprint density at radius 2 is 1.17 bits per heavy atom. The molecule has 0 unspecified atom stereocenters. The summed E-state index contributed by atoms with van der Waals surface area (Å²) in [4.78, 5) is 15.6. The fraction of sp³-hybridized carbons (Fsp3) is 0.172. The number of nitrogens with two attached hydrogens (primary N) is 2. The van der Waals surface area contributed by atoms with Crippen LogP contribution in [-0.2, 0) is 0 Å². The van der Waals surface area contributed by atoms with Crippen molar-refractivity contribution < 1.29 is 5.11 Å². The number of nitrogens with zero attached hydrogens (tertiary/aromatic N) is 2. The van der Waals surface area contributed by atoms with E-state index in [4.69, 9.17) is 16.6 Å². The zero-order chi connectivity index (χ0) is 25.1. The van der Waals surface area contributed by atoms with Gasteiger partial charge in [-0.15, -0.1) is 0 Å². The van der Waals surface area contributed by atoms with E-state index in [0.29, 0.717) is 18.2 Å². The van der Waals surface area contributed by atoms with Gasteiger partial charge < -0.3 is 26.5 Å². The van der Waals surface area contributed by atoms with Crippen LogP contribution >= 0.6 is 0 Å². The van der Waals surface area contributed by atoms with Gasteiger partial charge in [-0.05, 0) is 41.8 Å². The molecule has 0 amide bonds. The number of aliphatic hydroxyl groups is 1. The number of rotatable bonds is 8. The summed E-state index contributed by atoms with van der Waals surface area (Å²) in [7, 11) is 0. The van der Waals surface area contributed by atoms with Gasteiger partial charge in [0.15, 0.2) is 0 Å². The van der Waals surface area contributed by atoms with Crippen molar-refractivity contribution in [3.63, 3.8) is 0 Å². The Kier molecular flexibility index (Phi) is 6.56. The van der Waals surface area contributed by atoms with Crippen LogP contribution in [0.2, 0.25) is 0 Å². The summed E-state index contributed by atoms with van der Waals surface area (Å²) >= 11 is 0. The lowest BCUT2D eigenvalue weighted by Crippen LogP contribution is -2.14. The third kappa shape index (κ3) is 4.74. The summed E-state index contributed by atoms with van der Waals surface area (Å²) in [6.07, 6.45) is 0.972. The number of amidine groups is 2. The lowest BCUT2D eigenvalue weighted by molar-refractivity contribution is 0.307. The largest absolute Gasteiger partial charge is 0.394 e. The van der Waals surface area contributed by atoms with Gasteiger partial charge in [0.1, 0.15) is 11.7 Å². The second-order valence-corrected chi connectivity index (χ2v) is 8.80. The predicted molar refractivity (Wildman–Crippen MR) is 150 cm³/mol. The summed E-state index contributed by atoms with van der Waals surface area (Å²) in [6, 6.07) is 24.9. The zero-order valence-corrected chi connectivity index (χ0v) is 20.3. The monoisotopic (exact) mass is 478 g/mol. The summed E-state index contributed by atoms with van der Waals surface area (Å²) in [5.74, 6) is 0.998. The van der Waals surface area contributed by atoms with Gasteiger partial charge in [-0.25, -0.2) is 0 Å². The molecule has 7 nitrogen and oxygen atoms in total. The van der Waals surface area contributed by atoms with Crippen LogP contribution in [0.3, 0.4) is 0 Å². The lowest BCUT2D eigenvalue weighted by atomic mass is 10.1. The van der Waals surface area contributed by atoms with Crippen molar-refractivity contribution in [1.29, 1.82) is 0 Å². The van der Waals surface area contributed by atoms with Gasteiger partial charge in [0, 0.05) is 50.9 Å². The van der Waals surface area contributed by atoms with Gasteiger partial charge in [-0.3, -0.25) is 9.98 Å². The normalized spacial score (nSPS) is 12.6. The summed E-state index contributed by atoms with van der Waals surface area (Å²) < 4.78 is 0. The van der Waals surface area contributed by atoms with Crippen molar-refractivity contribution in [2.45, 2.75) is 13.3 Å². The Hall–Kier alpha value is -4.36. The quantitative estimate of drug-likeness (QED) is 0.162. The summed E-state index contributed by atoms with van der Waals surface area (Å²) in [6.45, 7) is 3.10. The van der Waals surface area contributed by atoms with E-state index in [-0.39, 0.29) is 6.61 Å². The molecule has 0 bridgehead atoms. The first kappa shape index (κ1) is 23.4. The van der Waals surface area contributed by atoms with Crippen LogP contribution in [0.5, 0.6) is 0 Å². The number of H-pyrrole nitrogens is 2. The van der Waals surface area contributed by atoms with Gasteiger partial charge in [-0.1, -0.05) is 55.5 Å². The molecule has 5 rings (SSSR count). The van der Waals surface area contributed by atoms with Gasteiger partial charge in [-0.2, -0.15) is 0 Å². The number of aliphatic imine (C=N–C) groups is 2. The molecule has 7 N–H and O–H groups in total. The van der Waals surface area contributed by atoms with Crippen LogP contribution in [0.15, 0.2) is 82.8 Å². The van der Waals surface area contributed by atoms with Gasteiger partial charge >= 0.3 is 0 Å². The molecule has 5 aromatic rings. The average Bonchev–Trinajstić information content (AvgIpc) is 3.53. The van der Waals surface area contributed by atoms with Gasteiger partial charge in [0.05, 0.1) is 13.2 Å². The Labute approximate surface area is 209 Å². The highest BCUT2D eigenvalue weighted by Gasteiger charge is 2.09. The third-order valence-electron chi connectivity index (χ3n) is 6.23. The minimum atomic E-state index is -0.0202. The number of benzene rings is 3. The molecule has 3 aromatic carbocycles. The highest BCUT2D eigenvalue weighted by Crippen LogP contribution is 2.29. The number of hydrogen-bond acceptors (Lipinski definition) is 3. The molecule has 0 fully saturated rings. The fourth-order valence-electron chi connectivity index (χ4n) is 4.30. The Morgan fingerprint density at radius 1 is 0.694 bits per heavy atom. The number of fused-ring (bicyclic) bond motifs is 2. The number of aliphatic hydroxyl groups excluding tert-OH is 1. The van der Waals surface area contributed by atoms with Crippen molar-refractivity contribution in [2.24, 2.45) is 21.5 Å². The molecule has 182 valence electrons. The molecule has 2 heterocycles. The topological polar surface area (TPSA) is 129 Å². The number of hydrogen-bond donors (Lipinski definition) is 5. The minimum Gasteiger partial charge on any atom is -0.394 e. The molecule has 0 aliphatic rings. The molecule has 0 saturated carbocycles. The SMILES string of the molecule is CCC/N=C(\N)c1ccc2cc(-c3ccc(-c4cc5ccc(/C(N)=N/CCO)cc5[nH]4)cc3)[nH]c2c1. The van der Waals surface area contributed by atoms with E-state index in [2.05, 4.69) is 75.4 Å². The van der Waals surface area contributed by atoms with E-state index in [1.54, 1.807) is 0 Å². The number of aromatic amines is 2. The lowest BCUT2D eigenvalue weighted by Gasteiger charge is -2.02.